The predicted octanol–water partition coefficient (Wildman–Crippen LogP) is 1.50. The van der Waals surface area contributed by atoms with Crippen molar-refractivity contribution in [2.24, 2.45) is 5.73 Å². The van der Waals surface area contributed by atoms with E-state index in [1.807, 2.05) is 4.68 Å². The molecule has 0 spiro atoms. The van der Waals surface area contributed by atoms with Crippen molar-refractivity contribution in [3.05, 3.63) is 12.2 Å². The molecule has 0 saturated carbocycles. The zero-order valence-corrected chi connectivity index (χ0v) is 11.9. The minimum atomic E-state index is 0.214. The molecule has 0 amide bonds. The molecule has 2 heterocycles. The molecule has 5 nitrogen and oxygen atoms in total. The maximum atomic E-state index is 5.83. The zero-order chi connectivity index (χ0) is 13.1. The second kappa shape index (κ2) is 5.75. The average molecular weight is 267 g/mol. The van der Waals surface area contributed by atoms with Crippen molar-refractivity contribution in [1.29, 1.82) is 0 Å². The summed E-state index contributed by atoms with van der Waals surface area (Å²) in [5.41, 5.74) is 5.83. The minimum absolute atomic E-state index is 0.214. The standard InChI is InChI=1S/C12H21N5S/c1-9(2)17-11(14-8-15-17)7-16-6-4-3-5-10(16)12(13)18/h8-10H,3-7H2,1-2H3,(H2,13,18). The van der Waals surface area contributed by atoms with Crippen LogP contribution in [0, 0.1) is 0 Å². The number of nitrogens with two attached hydrogens (primary N) is 1. The van der Waals surface area contributed by atoms with Gasteiger partial charge in [0.05, 0.1) is 17.6 Å². The van der Waals surface area contributed by atoms with Gasteiger partial charge in [0.2, 0.25) is 0 Å². The van der Waals surface area contributed by atoms with Crippen LogP contribution in [0.3, 0.4) is 0 Å². The molecule has 2 N–H and O–H groups in total. The van der Waals surface area contributed by atoms with Crippen molar-refractivity contribution in [2.75, 3.05) is 6.54 Å². The highest BCUT2D eigenvalue weighted by Crippen LogP contribution is 2.20. The number of aromatic nitrogens is 3. The van der Waals surface area contributed by atoms with Crippen LogP contribution in [-0.4, -0.2) is 37.2 Å². The van der Waals surface area contributed by atoms with Crippen LogP contribution < -0.4 is 5.73 Å². The van der Waals surface area contributed by atoms with Gasteiger partial charge >= 0.3 is 0 Å². The summed E-state index contributed by atoms with van der Waals surface area (Å²) in [6, 6.07) is 0.543. The van der Waals surface area contributed by atoms with Gasteiger partial charge < -0.3 is 5.73 Å². The molecule has 1 saturated heterocycles. The molecule has 18 heavy (non-hydrogen) atoms. The number of piperidine rings is 1. The quantitative estimate of drug-likeness (QED) is 0.838. The van der Waals surface area contributed by atoms with Gasteiger partial charge in [0, 0.05) is 6.04 Å². The van der Waals surface area contributed by atoms with E-state index >= 15 is 0 Å². The topological polar surface area (TPSA) is 60.0 Å². The van der Waals surface area contributed by atoms with Gasteiger partial charge in [-0.05, 0) is 33.2 Å². The highest BCUT2D eigenvalue weighted by atomic mass is 32.1. The van der Waals surface area contributed by atoms with Crippen molar-refractivity contribution < 1.29 is 0 Å². The molecule has 0 aliphatic carbocycles. The molecule has 100 valence electrons. The summed E-state index contributed by atoms with van der Waals surface area (Å²) in [5, 5.41) is 4.27. The van der Waals surface area contributed by atoms with E-state index in [4.69, 9.17) is 18.0 Å². The Hall–Kier alpha value is -1.01. The lowest BCUT2D eigenvalue weighted by atomic mass is 10.0. The van der Waals surface area contributed by atoms with Crippen LogP contribution in [0.15, 0.2) is 6.33 Å². The number of rotatable bonds is 4. The van der Waals surface area contributed by atoms with E-state index in [0.29, 0.717) is 11.0 Å². The zero-order valence-electron chi connectivity index (χ0n) is 11.0. The van der Waals surface area contributed by atoms with Crippen LogP contribution in [0.4, 0.5) is 0 Å². The normalized spacial score (nSPS) is 21.4. The van der Waals surface area contributed by atoms with E-state index in [9.17, 15) is 0 Å². The van der Waals surface area contributed by atoms with Crippen molar-refractivity contribution in [1.82, 2.24) is 19.7 Å². The third-order valence-electron chi connectivity index (χ3n) is 3.42. The highest BCUT2D eigenvalue weighted by Gasteiger charge is 2.26. The first-order chi connectivity index (χ1) is 8.59. The van der Waals surface area contributed by atoms with Crippen LogP contribution in [-0.2, 0) is 6.54 Å². The molecule has 0 bridgehead atoms. The molecule has 1 unspecified atom stereocenters. The fraction of sp³-hybridized carbons (Fsp3) is 0.750. The first-order valence-electron chi connectivity index (χ1n) is 6.51. The minimum Gasteiger partial charge on any atom is -0.392 e. The summed E-state index contributed by atoms with van der Waals surface area (Å²) >= 11 is 5.17. The number of hydrogen-bond donors (Lipinski definition) is 1. The number of thiocarbonyl (C=S) groups is 1. The summed E-state index contributed by atoms with van der Waals surface area (Å²) in [5.74, 6) is 0.994. The van der Waals surface area contributed by atoms with Gasteiger partial charge in [-0.3, -0.25) is 4.90 Å². The summed E-state index contributed by atoms with van der Waals surface area (Å²) in [6.45, 7) is 6.03. The largest absolute Gasteiger partial charge is 0.392 e. The second-order valence-electron chi connectivity index (χ2n) is 5.10. The van der Waals surface area contributed by atoms with Crippen LogP contribution in [0.2, 0.25) is 0 Å². The Morgan fingerprint density at radius 3 is 3.00 bits per heavy atom. The Bertz CT molecular complexity index is 414. The molecule has 1 aromatic rings. The SMILES string of the molecule is CC(C)n1ncnc1CN1CCCCC1C(N)=S. The molecule has 1 aliphatic heterocycles. The van der Waals surface area contributed by atoms with E-state index in [2.05, 4.69) is 28.8 Å². The first kappa shape index (κ1) is 13.4. The third kappa shape index (κ3) is 2.87. The summed E-state index contributed by atoms with van der Waals surface area (Å²) in [4.78, 5) is 7.28. The van der Waals surface area contributed by atoms with Gasteiger partial charge in [0.1, 0.15) is 12.2 Å². The lowest BCUT2D eigenvalue weighted by molar-refractivity contribution is 0.176. The number of hydrogen-bond acceptors (Lipinski definition) is 4. The van der Waals surface area contributed by atoms with Gasteiger partial charge in [0.15, 0.2) is 0 Å². The Morgan fingerprint density at radius 2 is 2.33 bits per heavy atom. The first-order valence-corrected chi connectivity index (χ1v) is 6.92. The van der Waals surface area contributed by atoms with Gasteiger partial charge in [-0.25, -0.2) is 9.67 Å². The molecule has 1 aromatic heterocycles. The van der Waals surface area contributed by atoms with E-state index in [0.717, 1.165) is 25.3 Å². The van der Waals surface area contributed by atoms with Gasteiger partial charge in [0.25, 0.3) is 0 Å². The molecule has 0 radical (unpaired) electrons. The Balaban J connectivity index is 2.11. The summed E-state index contributed by atoms with van der Waals surface area (Å²) in [7, 11) is 0. The van der Waals surface area contributed by atoms with Crippen molar-refractivity contribution in [2.45, 2.75) is 51.7 Å². The number of nitrogens with zero attached hydrogens (tertiary/aromatic N) is 4. The molecular weight excluding hydrogens is 246 g/mol. The maximum absolute atomic E-state index is 5.83. The number of likely N-dealkylation sites (tertiary alicyclic amines) is 1. The fourth-order valence-electron chi connectivity index (χ4n) is 2.50. The maximum Gasteiger partial charge on any atom is 0.141 e. The van der Waals surface area contributed by atoms with Gasteiger partial charge in [-0.1, -0.05) is 18.6 Å². The Morgan fingerprint density at radius 1 is 1.56 bits per heavy atom. The second-order valence-corrected chi connectivity index (χ2v) is 5.57. The molecule has 1 aliphatic rings. The summed E-state index contributed by atoms with van der Waals surface area (Å²) in [6.07, 6.45) is 5.09. The molecule has 1 fully saturated rings. The molecule has 6 heteroatoms. The molecule has 1 atom stereocenters. The summed E-state index contributed by atoms with van der Waals surface area (Å²) < 4.78 is 1.96. The van der Waals surface area contributed by atoms with Crippen LogP contribution in [0.1, 0.15) is 45.0 Å². The van der Waals surface area contributed by atoms with Crippen molar-refractivity contribution >= 4 is 17.2 Å². The third-order valence-corrected chi connectivity index (χ3v) is 3.70. The lowest BCUT2D eigenvalue weighted by Crippen LogP contribution is -2.46. The van der Waals surface area contributed by atoms with Crippen LogP contribution >= 0.6 is 12.2 Å². The fourth-order valence-corrected chi connectivity index (χ4v) is 2.77. The monoisotopic (exact) mass is 267 g/mol. The van der Waals surface area contributed by atoms with Crippen molar-refractivity contribution in [3.63, 3.8) is 0 Å². The van der Waals surface area contributed by atoms with Crippen LogP contribution in [0.25, 0.3) is 0 Å². The molecular formula is C12H21N5S. The Kier molecular flexibility index (Phi) is 4.29. The van der Waals surface area contributed by atoms with Crippen LogP contribution in [0.5, 0.6) is 0 Å². The smallest absolute Gasteiger partial charge is 0.141 e. The molecule has 2 rings (SSSR count). The van der Waals surface area contributed by atoms with Gasteiger partial charge in [-0.15, -0.1) is 0 Å². The Labute approximate surface area is 113 Å². The lowest BCUT2D eigenvalue weighted by Gasteiger charge is -2.34. The molecule has 0 aromatic carbocycles. The average Bonchev–Trinajstić information content (AvgIpc) is 2.77. The van der Waals surface area contributed by atoms with E-state index in [-0.39, 0.29) is 6.04 Å². The van der Waals surface area contributed by atoms with Crippen molar-refractivity contribution in [3.8, 4) is 0 Å². The van der Waals surface area contributed by atoms with E-state index in [1.165, 1.54) is 12.8 Å². The highest BCUT2D eigenvalue weighted by molar-refractivity contribution is 7.80. The van der Waals surface area contributed by atoms with E-state index < -0.39 is 0 Å². The van der Waals surface area contributed by atoms with Gasteiger partial charge in [-0.2, -0.15) is 5.10 Å². The van der Waals surface area contributed by atoms with E-state index in [1.54, 1.807) is 6.33 Å². The predicted molar refractivity (Wildman–Crippen MR) is 75.2 cm³/mol.